The predicted octanol–water partition coefficient (Wildman–Crippen LogP) is 3.64. The molecule has 2 fully saturated rings. The summed E-state index contributed by atoms with van der Waals surface area (Å²) in [5, 5.41) is 0. The maximum atomic E-state index is 6.26. The van der Waals surface area contributed by atoms with Crippen molar-refractivity contribution < 1.29 is 9.47 Å². The van der Waals surface area contributed by atoms with E-state index in [0.717, 1.165) is 37.5 Å². The maximum absolute atomic E-state index is 6.26. The molecule has 4 nitrogen and oxygen atoms in total. The summed E-state index contributed by atoms with van der Waals surface area (Å²) in [5.74, 6) is 1.70. The summed E-state index contributed by atoms with van der Waals surface area (Å²) < 4.78 is 12.5. The van der Waals surface area contributed by atoms with Crippen molar-refractivity contribution in [1.82, 2.24) is 0 Å². The standard InChI is InChI=1S/C17H26N2O2/c1-12-16(7-3-4-8-16)20-14(18-12)11-15-19-13(2)17(21-15)9-5-6-10-17/h12-13H,3-11H2,1-2H3/t12-,13-/m0/s1. The van der Waals surface area contributed by atoms with Crippen molar-refractivity contribution in [3.8, 4) is 0 Å². The van der Waals surface area contributed by atoms with E-state index in [0.29, 0.717) is 6.42 Å². The molecule has 116 valence electrons. The first-order valence-corrected chi connectivity index (χ1v) is 8.63. The van der Waals surface area contributed by atoms with Crippen LogP contribution in [0, 0.1) is 0 Å². The summed E-state index contributed by atoms with van der Waals surface area (Å²) in [6.45, 7) is 4.38. The monoisotopic (exact) mass is 290 g/mol. The van der Waals surface area contributed by atoms with Crippen LogP contribution in [0.15, 0.2) is 9.98 Å². The fourth-order valence-corrected chi connectivity index (χ4v) is 4.64. The first-order chi connectivity index (χ1) is 10.1. The lowest BCUT2D eigenvalue weighted by atomic mass is 9.95. The zero-order chi connectivity index (χ0) is 14.5. The van der Waals surface area contributed by atoms with Gasteiger partial charge in [0.25, 0.3) is 0 Å². The first-order valence-electron chi connectivity index (χ1n) is 8.63. The Morgan fingerprint density at radius 3 is 1.57 bits per heavy atom. The Balaban J connectivity index is 1.43. The molecular weight excluding hydrogens is 264 g/mol. The molecule has 2 atom stereocenters. The van der Waals surface area contributed by atoms with E-state index in [1.165, 1.54) is 25.7 Å². The summed E-state index contributed by atoms with van der Waals surface area (Å²) in [7, 11) is 0. The smallest absolute Gasteiger partial charge is 0.193 e. The second kappa shape index (κ2) is 4.72. The number of hydrogen-bond acceptors (Lipinski definition) is 4. The largest absolute Gasteiger partial charge is 0.472 e. The molecule has 4 aliphatic rings. The van der Waals surface area contributed by atoms with Gasteiger partial charge in [0.1, 0.15) is 11.2 Å². The predicted molar refractivity (Wildman–Crippen MR) is 83.0 cm³/mol. The molecular formula is C17H26N2O2. The minimum Gasteiger partial charge on any atom is -0.472 e. The van der Waals surface area contributed by atoms with Crippen LogP contribution in [0.4, 0.5) is 0 Å². The van der Waals surface area contributed by atoms with Gasteiger partial charge in [0.05, 0.1) is 18.5 Å². The van der Waals surface area contributed by atoms with Gasteiger partial charge < -0.3 is 9.47 Å². The normalized spacial score (nSPS) is 35.9. The van der Waals surface area contributed by atoms with Gasteiger partial charge >= 0.3 is 0 Å². The van der Waals surface area contributed by atoms with E-state index in [-0.39, 0.29) is 23.3 Å². The number of hydrogen-bond donors (Lipinski definition) is 0. The van der Waals surface area contributed by atoms with Crippen LogP contribution >= 0.6 is 0 Å². The Labute approximate surface area is 127 Å². The Hall–Kier alpha value is -1.06. The molecule has 21 heavy (non-hydrogen) atoms. The minimum absolute atomic E-state index is 0.00877. The zero-order valence-electron chi connectivity index (χ0n) is 13.2. The molecule has 0 amide bonds. The van der Waals surface area contributed by atoms with Gasteiger partial charge in [-0.2, -0.15) is 0 Å². The van der Waals surface area contributed by atoms with Crippen molar-refractivity contribution in [2.75, 3.05) is 0 Å². The average Bonchev–Trinajstić information content (AvgIpc) is 3.17. The molecule has 2 saturated carbocycles. The summed E-state index contributed by atoms with van der Waals surface area (Å²) >= 11 is 0. The van der Waals surface area contributed by atoms with Crippen LogP contribution in [0.3, 0.4) is 0 Å². The number of rotatable bonds is 2. The molecule has 2 heterocycles. The Kier molecular flexibility index (Phi) is 3.05. The van der Waals surface area contributed by atoms with E-state index in [1.54, 1.807) is 0 Å². The Morgan fingerprint density at radius 2 is 1.19 bits per heavy atom. The van der Waals surface area contributed by atoms with Gasteiger partial charge in [-0.25, -0.2) is 9.98 Å². The lowest BCUT2D eigenvalue weighted by Crippen LogP contribution is -2.36. The van der Waals surface area contributed by atoms with Crippen molar-refractivity contribution in [2.45, 2.75) is 94.9 Å². The zero-order valence-corrected chi connectivity index (χ0v) is 13.2. The van der Waals surface area contributed by atoms with Crippen LogP contribution < -0.4 is 0 Å². The van der Waals surface area contributed by atoms with Gasteiger partial charge in [-0.15, -0.1) is 0 Å². The highest BCUT2D eigenvalue weighted by atomic mass is 16.5. The van der Waals surface area contributed by atoms with Gasteiger partial charge in [0.2, 0.25) is 0 Å². The highest BCUT2D eigenvalue weighted by molar-refractivity contribution is 5.98. The topological polar surface area (TPSA) is 43.2 Å². The number of aliphatic imine (C=N–C) groups is 2. The van der Waals surface area contributed by atoms with Crippen LogP contribution in [0.2, 0.25) is 0 Å². The van der Waals surface area contributed by atoms with E-state index in [9.17, 15) is 0 Å². The second-order valence-electron chi connectivity index (χ2n) is 7.32. The fraction of sp³-hybridized carbons (Fsp3) is 0.882. The Bertz CT molecular complexity index is 441. The van der Waals surface area contributed by atoms with E-state index in [4.69, 9.17) is 19.5 Å². The van der Waals surface area contributed by atoms with E-state index >= 15 is 0 Å². The molecule has 0 saturated heterocycles. The van der Waals surface area contributed by atoms with Crippen LogP contribution in [0.25, 0.3) is 0 Å². The third-order valence-electron chi connectivity index (χ3n) is 6.04. The van der Waals surface area contributed by atoms with Crippen LogP contribution in [-0.4, -0.2) is 35.1 Å². The highest BCUT2D eigenvalue weighted by Gasteiger charge is 2.49. The molecule has 2 aliphatic heterocycles. The van der Waals surface area contributed by atoms with E-state index < -0.39 is 0 Å². The van der Waals surface area contributed by atoms with Crippen molar-refractivity contribution in [1.29, 1.82) is 0 Å². The van der Waals surface area contributed by atoms with Gasteiger partial charge in [-0.1, -0.05) is 0 Å². The van der Waals surface area contributed by atoms with E-state index in [1.807, 2.05) is 0 Å². The summed E-state index contributed by atoms with van der Waals surface area (Å²) in [6, 6.07) is 0.574. The molecule has 0 aromatic heterocycles. The van der Waals surface area contributed by atoms with Crippen LogP contribution in [0.1, 0.15) is 71.6 Å². The first kappa shape index (κ1) is 13.6. The SMILES string of the molecule is C[C@@H]1N=C(CC2=N[C@@H](C)C3(CCCC3)O2)OC12CCCC2. The molecule has 0 aromatic carbocycles. The van der Waals surface area contributed by atoms with Crippen molar-refractivity contribution >= 4 is 11.8 Å². The van der Waals surface area contributed by atoms with Gasteiger partial charge in [0.15, 0.2) is 11.8 Å². The fourth-order valence-electron chi connectivity index (χ4n) is 4.64. The van der Waals surface area contributed by atoms with Crippen molar-refractivity contribution in [3.05, 3.63) is 0 Å². The third kappa shape index (κ3) is 2.09. The molecule has 0 N–H and O–H groups in total. The lowest BCUT2D eigenvalue weighted by Gasteiger charge is -2.27. The molecule has 0 radical (unpaired) electrons. The maximum Gasteiger partial charge on any atom is 0.193 e. The molecule has 0 aromatic rings. The van der Waals surface area contributed by atoms with Crippen LogP contribution in [-0.2, 0) is 9.47 Å². The van der Waals surface area contributed by atoms with Crippen molar-refractivity contribution in [2.24, 2.45) is 9.98 Å². The highest BCUT2D eigenvalue weighted by Crippen LogP contribution is 2.43. The summed E-state index contributed by atoms with van der Waals surface area (Å²) in [5.41, 5.74) is -0.0175. The summed E-state index contributed by atoms with van der Waals surface area (Å²) in [4.78, 5) is 9.52. The average molecular weight is 290 g/mol. The third-order valence-corrected chi connectivity index (χ3v) is 6.04. The molecule has 4 heteroatoms. The number of ether oxygens (including phenoxy) is 2. The molecule has 2 aliphatic carbocycles. The molecule has 0 bridgehead atoms. The van der Waals surface area contributed by atoms with Crippen molar-refractivity contribution in [3.63, 3.8) is 0 Å². The molecule has 0 unspecified atom stereocenters. The van der Waals surface area contributed by atoms with Gasteiger partial charge in [0, 0.05) is 0 Å². The Morgan fingerprint density at radius 1 is 0.810 bits per heavy atom. The second-order valence-corrected chi connectivity index (χ2v) is 7.32. The van der Waals surface area contributed by atoms with Gasteiger partial charge in [-0.3, -0.25) is 0 Å². The van der Waals surface area contributed by atoms with Crippen LogP contribution in [0.5, 0.6) is 0 Å². The lowest BCUT2D eigenvalue weighted by molar-refractivity contribution is 0.0597. The quantitative estimate of drug-likeness (QED) is 0.779. The molecule has 2 spiro atoms. The minimum atomic E-state index is -0.00877. The summed E-state index contributed by atoms with van der Waals surface area (Å²) in [6.07, 6.45) is 10.3. The molecule has 4 rings (SSSR count). The number of nitrogens with zero attached hydrogens (tertiary/aromatic N) is 2. The van der Waals surface area contributed by atoms with E-state index in [2.05, 4.69) is 13.8 Å². The van der Waals surface area contributed by atoms with Gasteiger partial charge in [-0.05, 0) is 65.2 Å².